The first-order valence-electron chi connectivity index (χ1n) is 8.65. The molecule has 7 heteroatoms. The molecule has 2 rings (SSSR count). The van der Waals surface area contributed by atoms with Crippen molar-refractivity contribution in [3.05, 3.63) is 35.9 Å². The van der Waals surface area contributed by atoms with Crippen LogP contribution in [0.1, 0.15) is 32.3 Å². The van der Waals surface area contributed by atoms with Gasteiger partial charge >= 0.3 is 0 Å². The number of rotatable bonds is 8. The van der Waals surface area contributed by atoms with Crippen LogP contribution in [-0.2, 0) is 19.6 Å². The molecule has 0 spiro atoms. The molecule has 1 amide bonds. The van der Waals surface area contributed by atoms with Gasteiger partial charge in [-0.05, 0) is 36.6 Å². The van der Waals surface area contributed by atoms with E-state index in [2.05, 4.69) is 5.32 Å². The summed E-state index contributed by atoms with van der Waals surface area (Å²) in [6, 6.07) is 6.52. The van der Waals surface area contributed by atoms with E-state index in [9.17, 15) is 13.2 Å². The minimum Gasteiger partial charge on any atom is -0.376 e. The number of nitrogens with zero attached hydrogens (tertiary/aromatic N) is 1. The molecule has 1 heterocycles. The van der Waals surface area contributed by atoms with E-state index >= 15 is 0 Å². The van der Waals surface area contributed by atoms with Crippen molar-refractivity contribution in [1.29, 1.82) is 0 Å². The van der Waals surface area contributed by atoms with Crippen molar-refractivity contribution in [2.75, 3.05) is 26.2 Å². The van der Waals surface area contributed by atoms with Gasteiger partial charge in [-0.2, -0.15) is 4.31 Å². The topological polar surface area (TPSA) is 75.7 Å². The van der Waals surface area contributed by atoms with Crippen LogP contribution in [0.25, 0.3) is 6.08 Å². The molecule has 1 saturated heterocycles. The van der Waals surface area contributed by atoms with Crippen molar-refractivity contribution in [2.45, 2.75) is 37.7 Å². The van der Waals surface area contributed by atoms with Crippen LogP contribution in [0, 0.1) is 0 Å². The van der Waals surface area contributed by atoms with Gasteiger partial charge in [0.1, 0.15) is 0 Å². The van der Waals surface area contributed by atoms with E-state index in [1.165, 1.54) is 10.4 Å². The van der Waals surface area contributed by atoms with Gasteiger partial charge in [-0.3, -0.25) is 4.79 Å². The molecule has 1 atom stereocenters. The highest BCUT2D eigenvalue weighted by Crippen LogP contribution is 2.16. The Labute approximate surface area is 149 Å². The summed E-state index contributed by atoms with van der Waals surface area (Å²) < 4.78 is 31.7. The molecule has 0 radical (unpaired) electrons. The van der Waals surface area contributed by atoms with Crippen molar-refractivity contribution in [2.24, 2.45) is 0 Å². The first kappa shape index (κ1) is 19.6. The largest absolute Gasteiger partial charge is 0.376 e. The van der Waals surface area contributed by atoms with E-state index < -0.39 is 10.0 Å². The second-order valence-corrected chi connectivity index (χ2v) is 7.81. The van der Waals surface area contributed by atoms with Crippen LogP contribution in [0.3, 0.4) is 0 Å². The fourth-order valence-corrected chi connectivity index (χ4v) is 4.17. The van der Waals surface area contributed by atoms with Gasteiger partial charge in [0, 0.05) is 32.3 Å². The van der Waals surface area contributed by atoms with Crippen LogP contribution in [-0.4, -0.2) is 51.0 Å². The Hall–Kier alpha value is -1.70. The van der Waals surface area contributed by atoms with E-state index in [-0.39, 0.29) is 16.9 Å². The number of ether oxygens (including phenoxy) is 1. The zero-order valence-corrected chi connectivity index (χ0v) is 15.6. The lowest BCUT2D eigenvalue weighted by Gasteiger charge is -2.18. The van der Waals surface area contributed by atoms with Crippen LogP contribution >= 0.6 is 0 Å². The Bertz CT molecular complexity index is 688. The summed E-state index contributed by atoms with van der Waals surface area (Å²) in [5.41, 5.74) is 0.769. The molecule has 1 N–H and O–H groups in total. The maximum absolute atomic E-state index is 12.4. The number of benzene rings is 1. The van der Waals surface area contributed by atoms with Crippen molar-refractivity contribution < 1.29 is 17.9 Å². The molecule has 25 heavy (non-hydrogen) atoms. The second-order valence-electron chi connectivity index (χ2n) is 5.87. The lowest BCUT2D eigenvalue weighted by molar-refractivity contribution is -0.116. The molecule has 0 saturated carbocycles. The summed E-state index contributed by atoms with van der Waals surface area (Å²) in [6.07, 6.45) is 5.24. The molecule has 1 aliphatic heterocycles. The quantitative estimate of drug-likeness (QED) is 0.714. The van der Waals surface area contributed by atoms with Crippen molar-refractivity contribution in [3.8, 4) is 0 Å². The fraction of sp³-hybridized carbons (Fsp3) is 0.500. The third-order valence-electron chi connectivity index (χ3n) is 4.18. The van der Waals surface area contributed by atoms with Gasteiger partial charge < -0.3 is 10.1 Å². The van der Waals surface area contributed by atoms with E-state index in [4.69, 9.17) is 4.74 Å². The lowest BCUT2D eigenvalue weighted by atomic mass is 10.2. The number of hydrogen-bond donors (Lipinski definition) is 1. The summed E-state index contributed by atoms with van der Waals surface area (Å²) in [5, 5.41) is 2.81. The van der Waals surface area contributed by atoms with Crippen molar-refractivity contribution in [1.82, 2.24) is 9.62 Å². The van der Waals surface area contributed by atoms with Gasteiger partial charge in [0.15, 0.2) is 0 Å². The summed E-state index contributed by atoms with van der Waals surface area (Å²) in [4.78, 5) is 12.1. The molecule has 1 unspecified atom stereocenters. The summed E-state index contributed by atoms with van der Waals surface area (Å²) in [7, 11) is -3.45. The molecule has 138 valence electrons. The van der Waals surface area contributed by atoms with Gasteiger partial charge in [-0.25, -0.2) is 8.42 Å². The standard InChI is InChI=1S/C18H26N2O4S/c1-3-20(4-2)25(22,23)17-10-7-15(8-11-17)9-12-18(21)19-14-16-6-5-13-24-16/h7-12,16H,3-6,13-14H2,1-2H3,(H,19,21)/b12-9+. The average molecular weight is 366 g/mol. The minimum absolute atomic E-state index is 0.113. The number of hydrogen-bond acceptors (Lipinski definition) is 4. The number of sulfonamides is 1. The smallest absolute Gasteiger partial charge is 0.244 e. The van der Waals surface area contributed by atoms with Crippen LogP contribution in [0.4, 0.5) is 0 Å². The molecule has 1 aromatic rings. The molecular formula is C18H26N2O4S. The van der Waals surface area contributed by atoms with Gasteiger partial charge in [-0.15, -0.1) is 0 Å². The first-order valence-corrected chi connectivity index (χ1v) is 10.1. The van der Waals surface area contributed by atoms with Crippen LogP contribution in [0.5, 0.6) is 0 Å². The highest BCUT2D eigenvalue weighted by Gasteiger charge is 2.21. The van der Waals surface area contributed by atoms with E-state index in [0.29, 0.717) is 19.6 Å². The fourth-order valence-electron chi connectivity index (χ4n) is 2.71. The Morgan fingerprint density at radius 1 is 1.28 bits per heavy atom. The Balaban J connectivity index is 1.94. The molecule has 1 aromatic carbocycles. The minimum atomic E-state index is -3.45. The van der Waals surface area contributed by atoms with Crippen LogP contribution in [0.2, 0.25) is 0 Å². The van der Waals surface area contributed by atoms with E-state index in [0.717, 1.165) is 25.0 Å². The summed E-state index contributed by atoms with van der Waals surface area (Å²) in [6.45, 7) is 5.78. The highest BCUT2D eigenvalue weighted by atomic mass is 32.2. The number of carbonyl (C=O) groups is 1. The van der Waals surface area contributed by atoms with Crippen LogP contribution in [0.15, 0.2) is 35.2 Å². The zero-order valence-electron chi connectivity index (χ0n) is 14.8. The molecular weight excluding hydrogens is 340 g/mol. The first-order chi connectivity index (χ1) is 12.0. The normalized spacial score (nSPS) is 18.1. The Kier molecular flexibility index (Phi) is 7.16. The second kappa shape index (κ2) is 9.12. The monoisotopic (exact) mass is 366 g/mol. The number of amides is 1. The molecule has 0 aromatic heterocycles. The Morgan fingerprint density at radius 2 is 1.96 bits per heavy atom. The summed E-state index contributed by atoms with van der Waals surface area (Å²) in [5.74, 6) is -0.185. The van der Waals surface area contributed by atoms with Crippen molar-refractivity contribution in [3.63, 3.8) is 0 Å². The predicted molar refractivity (Wildman–Crippen MR) is 97.6 cm³/mol. The number of nitrogens with one attached hydrogen (secondary N) is 1. The lowest BCUT2D eigenvalue weighted by Crippen LogP contribution is -2.30. The van der Waals surface area contributed by atoms with Gasteiger partial charge in [-0.1, -0.05) is 26.0 Å². The van der Waals surface area contributed by atoms with Gasteiger partial charge in [0.05, 0.1) is 11.0 Å². The third-order valence-corrected chi connectivity index (χ3v) is 6.24. The molecule has 0 bridgehead atoms. The molecule has 1 aliphatic rings. The highest BCUT2D eigenvalue weighted by molar-refractivity contribution is 7.89. The maximum Gasteiger partial charge on any atom is 0.244 e. The SMILES string of the molecule is CCN(CC)S(=O)(=O)c1ccc(/C=C/C(=O)NCC2CCCO2)cc1. The average Bonchev–Trinajstić information content (AvgIpc) is 3.13. The van der Waals surface area contributed by atoms with Crippen molar-refractivity contribution >= 4 is 22.0 Å². The predicted octanol–water partition coefficient (Wildman–Crippen LogP) is 2.03. The molecule has 6 nitrogen and oxygen atoms in total. The molecule has 0 aliphatic carbocycles. The van der Waals surface area contributed by atoms with E-state index in [1.54, 1.807) is 30.3 Å². The zero-order chi connectivity index (χ0) is 18.3. The van der Waals surface area contributed by atoms with Gasteiger partial charge in [0.25, 0.3) is 0 Å². The summed E-state index contributed by atoms with van der Waals surface area (Å²) >= 11 is 0. The maximum atomic E-state index is 12.4. The molecule has 1 fully saturated rings. The number of carbonyl (C=O) groups excluding carboxylic acids is 1. The van der Waals surface area contributed by atoms with Gasteiger partial charge in [0.2, 0.25) is 15.9 Å². The third kappa shape index (κ3) is 5.39. The van der Waals surface area contributed by atoms with Crippen LogP contribution < -0.4 is 5.32 Å². The Morgan fingerprint density at radius 3 is 2.52 bits per heavy atom. The van der Waals surface area contributed by atoms with E-state index in [1.807, 2.05) is 13.8 Å².